The molecule has 0 aromatic carbocycles. The van der Waals surface area contributed by atoms with Crippen LogP contribution in [0.2, 0.25) is 0 Å². The van der Waals surface area contributed by atoms with Crippen molar-refractivity contribution in [2.45, 2.75) is 25.3 Å². The first-order chi connectivity index (χ1) is 10.2. The largest absolute Gasteiger partial charge is 0.380 e. The Hall–Kier alpha value is -1.40. The van der Waals surface area contributed by atoms with E-state index in [0.717, 1.165) is 18.1 Å². The molecule has 6 nitrogen and oxygen atoms in total. The first kappa shape index (κ1) is 14.5. The summed E-state index contributed by atoms with van der Waals surface area (Å²) >= 11 is 0. The lowest BCUT2D eigenvalue weighted by atomic mass is 9.97. The van der Waals surface area contributed by atoms with Crippen molar-refractivity contribution in [2.75, 3.05) is 33.5 Å². The third kappa shape index (κ3) is 3.27. The van der Waals surface area contributed by atoms with Crippen LogP contribution in [-0.2, 0) is 27.9 Å². The molecule has 0 bridgehead atoms. The summed E-state index contributed by atoms with van der Waals surface area (Å²) in [4.78, 5) is 13.9. The van der Waals surface area contributed by atoms with Crippen LogP contribution in [0.15, 0.2) is 6.20 Å². The van der Waals surface area contributed by atoms with E-state index in [-0.39, 0.29) is 18.4 Å². The third-order valence-electron chi connectivity index (χ3n) is 4.24. The van der Waals surface area contributed by atoms with Crippen LogP contribution in [0.4, 0.5) is 0 Å². The van der Waals surface area contributed by atoms with E-state index in [1.807, 2.05) is 22.8 Å². The van der Waals surface area contributed by atoms with Crippen molar-refractivity contribution in [3.05, 3.63) is 17.5 Å². The minimum atomic E-state index is 0.0270. The lowest BCUT2D eigenvalue weighted by molar-refractivity contribution is -0.136. The van der Waals surface area contributed by atoms with Gasteiger partial charge in [0.15, 0.2) is 0 Å². The molecule has 1 fully saturated rings. The van der Waals surface area contributed by atoms with Gasteiger partial charge in [0, 0.05) is 45.3 Å². The number of carbonyl (C=O) groups excluding carboxylic acids is 1. The van der Waals surface area contributed by atoms with Crippen LogP contribution in [-0.4, -0.2) is 54.1 Å². The molecule has 21 heavy (non-hydrogen) atoms. The molecule has 1 saturated carbocycles. The molecule has 2 heterocycles. The van der Waals surface area contributed by atoms with Crippen molar-refractivity contribution in [3.63, 3.8) is 0 Å². The summed E-state index contributed by atoms with van der Waals surface area (Å²) in [5.41, 5.74) is 2.32. The molecule has 1 aliphatic heterocycles. The minimum absolute atomic E-state index is 0.0270. The Morgan fingerprint density at radius 1 is 1.43 bits per heavy atom. The van der Waals surface area contributed by atoms with Crippen LogP contribution >= 0.6 is 0 Å². The highest BCUT2D eigenvalue weighted by Gasteiger charge is 2.31. The van der Waals surface area contributed by atoms with Gasteiger partial charge >= 0.3 is 0 Å². The molecule has 1 unspecified atom stereocenters. The van der Waals surface area contributed by atoms with Gasteiger partial charge in [-0.3, -0.25) is 9.48 Å². The number of amides is 1. The van der Waals surface area contributed by atoms with Crippen molar-refractivity contribution < 1.29 is 14.3 Å². The Balaban J connectivity index is 1.69. The van der Waals surface area contributed by atoms with Crippen molar-refractivity contribution >= 4 is 5.91 Å². The van der Waals surface area contributed by atoms with Gasteiger partial charge in [0.2, 0.25) is 5.91 Å². The SMILES string of the molecule is COCC(=O)N1Cc2cnn(C)c2C(COCC2CC2)C1. The number of nitrogens with zero attached hydrogens (tertiary/aromatic N) is 3. The first-order valence-corrected chi connectivity index (χ1v) is 7.54. The van der Waals surface area contributed by atoms with Crippen molar-refractivity contribution in [2.24, 2.45) is 13.0 Å². The summed E-state index contributed by atoms with van der Waals surface area (Å²) in [6.07, 6.45) is 4.44. The summed E-state index contributed by atoms with van der Waals surface area (Å²) in [5.74, 6) is 0.978. The van der Waals surface area contributed by atoms with Gasteiger partial charge in [-0.15, -0.1) is 0 Å². The van der Waals surface area contributed by atoms with Gasteiger partial charge in [0.25, 0.3) is 0 Å². The summed E-state index contributed by atoms with van der Waals surface area (Å²) in [5, 5.41) is 4.34. The molecule has 6 heteroatoms. The predicted octanol–water partition coefficient (Wildman–Crippen LogP) is 0.919. The fourth-order valence-corrected chi connectivity index (χ4v) is 2.96. The van der Waals surface area contributed by atoms with E-state index in [1.165, 1.54) is 18.5 Å². The van der Waals surface area contributed by atoms with Crippen LogP contribution in [0.5, 0.6) is 0 Å². The van der Waals surface area contributed by atoms with Gasteiger partial charge in [0.1, 0.15) is 6.61 Å². The molecule has 3 rings (SSSR count). The number of hydrogen-bond donors (Lipinski definition) is 0. The molecule has 116 valence electrons. The maximum absolute atomic E-state index is 12.1. The molecule has 1 aliphatic carbocycles. The molecule has 1 amide bonds. The third-order valence-corrected chi connectivity index (χ3v) is 4.24. The number of hydrogen-bond acceptors (Lipinski definition) is 4. The zero-order valence-corrected chi connectivity index (χ0v) is 12.7. The second-order valence-corrected chi connectivity index (χ2v) is 6.06. The number of aromatic nitrogens is 2. The molecular weight excluding hydrogens is 270 g/mol. The lowest BCUT2D eigenvalue weighted by Crippen LogP contribution is -2.41. The summed E-state index contributed by atoms with van der Waals surface area (Å²) < 4.78 is 12.7. The van der Waals surface area contributed by atoms with Crippen molar-refractivity contribution in [1.29, 1.82) is 0 Å². The monoisotopic (exact) mass is 293 g/mol. The molecule has 1 aromatic heterocycles. The van der Waals surface area contributed by atoms with E-state index in [9.17, 15) is 4.79 Å². The average Bonchev–Trinajstić information content (AvgIpc) is 3.21. The fraction of sp³-hybridized carbons (Fsp3) is 0.733. The van der Waals surface area contributed by atoms with Crippen LogP contribution < -0.4 is 0 Å². The normalized spacial score (nSPS) is 21.4. The number of rotatable bonds is 6. The Morgan fingerprint density at radius 2 is 2.24 bits per heavy atom. The van der Waals surface area contributed by atoms with Crippen LogP contribution in [0.1, 0.15) is 30.0 Å². The van der Waals surface area contributed by atoms with E-state index in [2.05, 4.69) is 5.10 Å². The van der Waals surface area contributed by atoms with Crippen LogP contribution in [0, 0.1) is 5.92 Å². The van der Waals surface area contributed by atoms with Gasteiger partial charge in [-0.2, -0.15) is 5.10 Å². The molecule has 0 radical (unpaired) electrons. The zero-order chi connectivity index (χ0) is 14.8. The molecule has 0 spiro atoms. The van der Waals surface area contributed by atoms with Gasteiger partial charge in [-0.1, -0.05) is 0 Å². The summed E-state index contributed by atoms with van der Waals surface area (Å²) in [7, 11) is 3.51. The van der Waals surface area contributed by atoms with Gasteiger partial charge < -0.3 is 14.4 Å². The quantitative estimate of drug-likeness (QED) is 0.782. The smallest absolute Gasteiger partial charge is 0.248 e. The molecule has 1 atom stereocenters. The predicted molar refractivity (Wildman–Crippen MR) is 76.8 cm³/mol. The molecule has 0 saturated heterocycles. The molecule has 0 N–H and O–H groups in total. The van der Waals surface area contributed by atoms with E-state index in [1.54, 1.807) is 7.11 Å². The van der Waals surface area contributed by atoms with Crippen molar-refractivity contribution in [3.8, 4) is 0 Å². The standard InChI is InChI=1S/C15H23N3O3/c1-17-15-12(5-16-17)6-18(14(19)10-20-2)7-13(15)9-21-8-11-3-4-11/h5,11,13H,3-4,6-10H2,1-2H3. The second kappa shape index (κ2) is 6.15. The molecule has 1 aromatic rings. The fourth-order valence-electron chi connectivity index (χ4n) is 2.96. The highest BCUT2D eigenvalue weighted by Crippen LogP contribution is 2.31. The Morgan fingerprint density at radius 3 is 2.95 bits per heavy atom. The maximum atomic E-state index is 12.1. The number of ether oxygens (including phenoxy) is 2. The maximum Gasteiger partial charge on any atom is 0.248 e. The Kier molecular flexibility index (Phi) is 4.26. The zero-order valence-electron chi connectivity index (χ0n) is 12.7. The highest BCUT2D eigenvalue weighted by atomic mass is 16.5. The molecule has 2 aliphatic rings. The Bertz CT molecular complexity index is 510. The van der Waals surface area contributed by atoms with E-state index in [4.69, 9.17) is 9.47 Å². The molecular formula is C15H23N3O3. The highest BCUT2D eigenvalue weighted by molar-refractivity contribution is 5.77. The first-order valence-electron chi connectivity index (χ1n) is 7.54. The number of methoxy groups -OCH3 is 1. The Labute approximate surface area is 125 Å². The summed E-state index contributed by atoms with van der Waals surface area (Å²) in [6.45, 7) is 2.92. The number of fused-ring (bicyclic) bond motifs is 1. The topological polar surface area (TPSA) is 56.6 Å². The van der Waals surface area contributed by atoms with Gasteiger partial charge in [0.05, 0.1) is 18.5 Å². The van der Waals surface area contributed by atoms with Crippen LogP contribution in [0.3, 0.4) is 0 Å². The van der Waals surface area contributed by atoms with Crippen LogP contribution in [0.25, 0.3) is 0 Å². The van der Waals surface area contributed by atoms with Gasteiger partial charge in [-0.05, 0) is 18.8 Å². The number of carbonyl (C=O) groups is 1. The average molecular weight is 293 g/mol. The number of aryl methyl sites for hydroxylation is 1. The lowest BCUT2D eigenvalue weighted by Gasteiger charge is -2.33. The second-order valence-electron chi connectivity index (χ2n) is 6.06. The van der Waals surface area contributed by atoms with E-state index >= 15 is 0 Å². The van der Waals surface area contributed by atoms with Crippen molar-refractivity contribution in [1.82, 2.24) is 14.7 Å². The van der Waals surface area contributed by atoms with E-state index < -0.39 is 0 Å². The minimum Gasteiger partial charge on any atom is -0.380 e. The van der Waals surface area contributed by atoms with Gasteiger partial charge in [-0.25, -0.2) is 0 Å². The summed E-state index contributed by atoms with van der Waals surface area (Å²) in [6, 6.07) is 0. The van der Waals surface area contributed by atoms with E-state index in [0.29, 0.717) is 19.7 Å².